The second-order valence-corrected chi connectivity index (χ2v) is 7.44. The molecule has 1 aromatic carbocycles. The van der Waals surface area contributed by atoms with Crippen molar-refractivity contribution in [1.82, 2.24) is 15.1 Å². The molecule has 0 spiro atoms. The van der Waals surface area contributed by atoms with Crippen molar-refractivity contribution < 1.29 is 14.0 Å². The minimum atomic E-state index is 0.00212. The monoisotopic (exact) mass is 383 g/mol. The third-order valence-electron chi connectivity index (χ3n) is 5.59. The zero-order chi connectivity index (χ0) is 19.9. The predicted molar refractivity (Wildman–Crippen MR) is 107 cm³/mol. The lowest BCUT2D eigenvalue weighted by molar-refractivity contribution is -0.133. The van der Waals surface area contributed by atoms with Crippen LogP contribution in [0.5, 0.6) is 0 Å². The van der Waals surface area contributed by atoms with Gasteiger partial charge in [0.05, 0.1) is 25.4 Å². The average molecular weight is 383 g/mol. The van der Waals surface area contributed by atoms with E-state index in [4.69, 9.17) is 4.42 Å². The van der Waals surface area contributed by atoms with Gasteiger partial charge in [0.2, 0.25) is 11.8 Å². The van der Waals surface area contributed by atoms with Crippen LogP contribution in [0.15, 0.2) is 53.1 Å². The van der Waals surface area contributed by atoms with Gasteiger partial charge in [0.15, 0.2) is 0 Å². The van der Waals surface area contributed by atoms with Gasteiger partial charge in [-0.05, 0) is 50.6 Å². The Kier molecular flexibility index (Phi) is 6.87. The number of amides is 2. The lowest BCUT2D eigenvalue weighted by atomic mass is 9.96. The number of hydrogen-bond donors (Lipinski definition) is 1. The number of nitrogens with one attached hydrogen (secondary N) is 1. The zero-order valence-corrected chi connectivity index (χ0v) is 16.6. The van der Waals surface area contributed by atoms with E-state index in [2.05, 4.69) is 10.2 Å². The van der Waals surface area contributed by atoms with E-state index in [1.807, 2.05) is 56.4 Å². The summed E-state index contributed by atoms with van der Waals surface area (Å²) in [6, 6.07) is 13.8. The van der Waals surface area contributed by atoms with Crippen LogP contribution in [-0.4, -0.2) is 48.3 Å². The molecule has 1 atom stereocenters. The lowest BCUT2D eigenvalue weighted by Crippen LogP contribution is -2.45. The first-order chi connectivity index (χ1) is 13.5. The van der Waals surface area contributed by atoms with E-state index in [0.29, 0.717) is 13.1 Å². The summed E-state index contributed by atoms with van der Waals surface area (Å²) >= 11 is 0. The van der Waals surface area contributed by atoms with Gasteiger partial charge >= 0.3 is 0 Å². The number of carbonyl (C=O) groups is 2. The van der Waals surface area contributed by atoms with Gasteiger partial charge in [0.25, 0.3) is 0 Å². The number of furan rings is 1. The largest absolute Gasteiger partial charge is 0.467 e. The summed E-state index contributed by atoms with van der Waals surface area (Å²) in [6.45, 7) is 4.39. The molecular weight excluding hydrogens is 354 g/mol. The minimum absolute atomic E-state index is 0.00212. The Bertz CT molecular complexity index is 753. The van der Waals surface area contributed by atoms with E-state index in [1.165, 1.54) is 0 Å². The van der Waals surface area contributed by atoms with Crippen LogP contribution in [0.4, 0.5) is 0 Å². The highest BCUT2D eigenvalue weighted by Gasteiger charge is 2.27. The number of nitrogens with zero attached hydrogens (tertiary/aromatic N) is 2. The Labute approximate surface area is 166 Å². The molecule has 0 saturated carbocycles. The number of rotatable bonds is 7. The molecule has 3 rings (SSSR count). The third kappa shape index (κ3) is 5.23. The maximum absolute atomic E-state index is 12.7. The quantitative estimate of drug-likeness (QED) is 0.798. The minimum Gasteiger partial charge on any atom is -0.467 e. The van der Waals surface area contributed by atoms with E-state index in [1.54, 1.807) is 11.2 Å². The molecule has 0 radical (unpaired) electrons. The molecule has 6 heteroatoms. The van der Waals surface area contributed by atoms with Crippen LogP contribution in [-0.2, 0) is 16.1 Å². The molecule has 1 aliphatic rings. The van der Waals surface area contributed by atoms with Crippen LogP contribution in [0.1, 0.15) is 37.1 Å². The summed E-state index contributed by atoms with van der Waals surface area (Å²) in [5.41, 5.74) is 1.13. The Morgan fingerprint density at radius 3 is 2.54 bits per heavy atom. The van der Waals surface area contributed by atoms with Crippen molar-refractivity contribution in [2.45, 2.75) is 32.4 Å². The van der Waals surface area contributed by atoms with Crippen LogP contribution >= 0.6 is 0 Å². The van der Waals surface area contributed by atoms with Crippen LogP contribution in [0.2, 0.25) is 0 Å². The van der Waals surface area contributed by atoms with Gasteiger partial charge in [-0.25, -0.2) is 0 Å². The van der Waals surface area contributed by atoms with E-state index in [0.717, 1.165) is 37.3 Å². The van der Waals surface area contributed by atoms with Crippen molar-refractivity contribution in [2.24, 2.45) is 5.92 Å². The molecule has 0 bridgehead atoms. The molecule has 1 aliphatic heterocycles. The zero-order valence-electron chi connectivity index (χ0n) is 16.6. The van der Waals surface area contributed by atoms with E-state index in [9.17, 15) is 9.59 Å². The smallest absolute Gasteiger partial charge is 0.236 e. The highest BCUT2D eigenvalue weighted by molar-refractivity contribution is 5.79. The van der Waals surface area contributed by atoms with Crippen LogP contribution in [0, 0.1) is 5.92 Å². The highest BCUT2D eigenvalue weighted by atomic mass is 16.3. The van der Waals surface area contributed by atoms with Gasteiger partial charge in [-0.2, -0.15) is 0 Å². The molecule has 0 aliphatic carbocycles. The number of likely N-dealkylation sites (tertiary alicyclic amines) is 1. The molecular formula is C22H29N3O3. The molecule has 1 N–H and O–H groups in total. The summed E-state index contributed by atoms with van der Waals surface area (Å²) in [5, 5.41) is 2.94. The Morgan fingerprint density at radius 1 is 1.18 bits per heavy atom. The van der Waals surface area contributed by atoms with Crippen molar-refractivity contribution in [2.75, 3.05) is 26.7 Å². The topological polar surface area (TPSA) is 65.8 Å². The SMILES string of the molecule is C[C@H](c1ccccc1)N(C)C(=O)CN1CCC(C(=O)NCc2ccco2)CC1. The number of hydrogen-bond acceptors (Lipinski definition) is 4. The number of benzene rings is 1. The molecule has 2 amide bonds. The van der Waals surface area contributed by atoms with Gasteiger partial charge in [-0.15, -0.1) is 0 Å². The van der Waals surface area contributed by atoms with Crippen LogP contribution in [0.25, 0.3) is 0 Å². The van der Waals surface area contributed by atoms with Crippen molar-refractivity contribution >= 4 is 11.8 Å². The Hall–Kier alpha value is -2.60. The number of carbonyl (C=O) groups excluding carboxylic acids is 2. The van der Waals surface area contributed by atoms with Crippen molar-refractivity contribution in [1.29, 1.82) is 0 Å². The van der Waals surface area contributed by atoms with Crippen LogP contribution < -0.4 is 5.32 Å². The maximum atomic E-state index is 12.7. The van der Waals surface area contributed by atoms with Crippen LogP contribution in [0.3, 0.4) is 0 Å². The molecule has 28 heavy (non-hydrogen) atoms. The lowest BCUT2D eigenvalue weighted by Gasteiger charge is -2.33. The summed E-state index contributed by atoms with van der Waals surface area (Å²) < 4.78 is 5.24. The second kappa shape index (κ2) is 9.55. The molecule has 1 aromatic heterocycles. The summed E-state index contributed by atoms with van der Waals surface area (Å²) in [7, 11) is 1.86. The maximum Gasteiger partial charge on any atom is 0.236 e. The van der Waals surface area contributed by atoms with E-state index in [-0.39, 0.29) is 23.8 Å². The summed E-state index contributed by atoms with van der Waals surface area (Å²) in [5.74, 6) is 0.934. The first-order valence-corrected chi connectivity index (χ1v) is 9.87. The van der Waals surface area contributed by atoms with E-state index >= 15 is 0 Å². The fourth-order valence-electron chi connectivity index (χ4n) is 3.56. The summed E-state index contributed by atoms with van der Waals surface area (Å²) in [4.78, 5) is 28.9. The number of likely N-dealkylation sites (N-methyl/N-ethyl adjacent to an activating group) is 1. The Balaban J connectivity index is 1.42. The second-order valence-electron chi connectivity index (χ2n) is 7.44. The molecule has 6 nitrogen and oxygen atoms in total. The highest BCUT2D eigenvalue weighted by Crippen LogP contribution is 2.20. The summed E-state index contributed by atoms with van der Waals surface area (Å²) in [6.07, 6.45) is 3.15. The predicted octanol–water partition coefficient (Wildman–Crippen LogP) is 2.83. The van der Waals surface area contributed by atoms with E-state index < -0.39 is 0 Å². The third-order valence-corrected chi connectivity index (χ3v) is 5.59. The Morgan fingerprint density at radius 2 is 1.89 bits per heavy atom. The van der Waals surface area contributed by atoms with Crippen molar-refractivity contribution in [3.8, 4) is 0 Å². The molecule has 150 valence electrons. The molecule has 1 saturated heterocycles. The molecule has 2 heterocycles. The van der Waals surface area contributed by atoms with Gasteiger partial charge in [0, 0.05) is 13.0 Å². The number of piperidine rings is 1. The average Bonchev–Trinajstić information content (AvgIpc) is 3.25. The van der Waals surface area contributed by atoms with Gasteiger partial charge < -0.3 is 14.6 Å². The fraction of sp³-hybridized carbons (Fsp3) is 0.455. The van der Waals surface area contributed by atoms with Gasteiger partial charge in [-0.1, -0.05) is 30.3 Å². The normalized spacial score (nSPS) is 16.5. The first kappa shape index (κ1) is 20.1. The fourth-order valence-corrected chi connectivity index (χ4v) is 3.56. The molecule has 0 unspecified atom stereocenters. The molecule has 2 aromatic rings. The van der Waals surface area contributed by atoms with Gasteiger partial charge in [-0.3, -0.25) is 14.5 Å². The van der Waals surface area contributed by atoms with Crippen molar-refractivity contribution in [3.63, 3.8) is 0 Å². The first-order valence-electron chi connectivity index (χ1n) is 9.87. The standard InChI is InChI=1S/C22H29N3O3/c1-17(18-7-4-3-5-8-18)24(2)21(26)16-25-12-10-19(11-13-25)22(27)23-15-20-9-6-14-28-20/h3-9,14,17,19H,10-13,15-16H2,1-2H3,(H,23,27)/t17-/m1/s1. The van der Waals surface area contributed by atoms with Crippen molar-refractivity contribution in [3.05, 3.63) is 60.1 Å². The van der Waals surface area contributed by atoms with Gasteiger partial charge in [0.1, 0.15) is 5.76 Å². The molecule has 1 fully saturated rings.